The molecule has 196 valence electrons. The zero-order valence-corrected chi connectivity index (χ0v) is 18.9. The first-order valence-electron chi connectivity index (χ1n) is 9.41. The van der Waals surface area contributed by atoms with Crippen LogP contribution in [0.1, 0.15) is 6.92 Å². The van der Waals surface area contributed by atoms with Crippen molar-refractivity contribution in [3.8, 4) is 0 Å². The number of ether oxygens (including phenoxy) is 1. The lowest BCUT2D eigenvalue weighted by Gasteiger charge is -2.37. The van der Waals surface area contributed by atoms with E-state index >= 15 is 0 Å². The molecule has 0 aromatic heterocycles. The highest BCUT2D eigenvalue weighted by molar-refractivity contribution is 7.89. The molecule has 2 fully saturated rings. The van der Waals surface area contributed by atoms with Crippen LogP contribution < -0.4 is 0 Å². The molecule has 17 heteroatoms. The molecule has 2 aliphatic heterocycles. The summed E-state index contributed by atoms with van der Waals surface area (Å²) in [6, 6.07) is 0.218. The summed E-state index contributed by atoms with van der Waals surface area (Å²) in [6.07, 6.45) is -10.1. The number of carbonyl (C=O) groups is 2. The van der Waals surface area contributed by atoms with Crippen LogP contribution in [0, 0.1) is 0 Å². The van der Waals surface area contributed by atoms with Crippen LogP contribution in [0.15, 0.2) is 0 Å². The Morgan fingerprint density at radius 2 is 1.48 bits per heavy atom. The summed E-state index contributed by atoms with van der Waals surface area (Å²) in [5.74, 6) is -5.34. The van der Waals surface area contributed by atoms with Crippen LogP contribution in [0.3, 0.4) is 0 Å². The Balaban J connectivity index is 0.000000605. The SMILES string of the molecule is CCS(=O)(=O)N1C[C@@H]2OCCN(CCN(C)C)[C@@H]2C1.O=C(O)C(F)(F)F.O=C(O)C(F)(F)F. The van der Waals surface area contributed by atoms with Gasteiger partial charge in [-0.3, -0.25) is 4.90 Å². The number of hydrogen-bond acceptors (Lipinski definition) is 7. The van der Waals surface area contributed by atoms with Gasteiger partial charge < -0.3 is 19.8 Å². The standard InChI is InChI=1S/C12H25N3O3S.2C2HF3O2/c1-4-19(16,17)15-9-11-12(10-15)18-8-7-14(11)6-5-13(2)3;2*3-2(4,5)1(6)7/h11-12H,4-10H2,1-3H3;2*(H,6,7)/t11-,12+;;/m1../s1. The average molecular weight is 519 g/mol. The van der Waals surface area contributed by atoms with E-state index in [-0.39, 0.29) is 17.9 Å². The molecule has 0 aliphatic carbocycles. The molecule has 2 N–H and O–H groups in total. The van der Waals surface area contributed by atoms with E-state index in [2.05, 4.69) is 23.9 Å². The van der Waals surface area contributed by atoms with E-state index in [9.17, 15) is 34.8 Å². The molecular formula is C16H27F6N3O7S. The number of sulfonamides is 1. The summed E-state index contributed by atoms with van der Waals surface area (Å²) < 4.78 is 94.7. The van der Waals surface area contributed by atoms with Crippen molar-refractivity contribution >= 4 is 22.0 Å². The molecular weight excluding hydrogens is 492 g/mol. The molecule has 2 rings (SSSR count). The smallest absolute Gasteiger partial charge is 0.475 e. The zero-order valence-electron chi connectivity index (χ0n) is 18.1. The Morgan fingerprint density at radius 1 is 1.03 bits per heavy atom. The van der Waals surface area contributed by atoms with Gasteiger partial charge >= 0.3 is 24.3 Å². The number of halogens is 6. The zero-order chi connectivity index (χ0) is 26.2. The van der Waals surface area contributed by atoms with Crippen molar-refractivity contribution < 1.29 is 59.3 Å². The Labute approximate surface area is 186 Å². The predicted octanol–water partition coefficient (Wildman–Crippen LogP) is 0.549. The molecule has 0 saturated carbocycles. The van der Waals surface area contributed by atoms with Crippen LogP contribution >= 0.6 is 0 Å². The largest absolute Gasteiger partial charge is 0.490 e. The van der Waals surface area contributed by atoms with E-state index in [0.717, 1.165) is 19.6 Å². The molecule has 0 aromatic carbocycles. The number of rotatable bonds is 5. The second-order valence-electron chi connectivity index (χ2n) is 7.14. The van der Waals surface area contributed by atoms with Gasteiger partial charge in [0.2, 0.25) is 10.0 Å². The van der Waals surface area contributed by atoms with Gasteiger partial charge in [-0.15, -0.1) is 0 Å². The predicted molar refractivity (Wildman–Crippen MR) is 102 cm³/mol. The summed E-state index contributed by atoms with van der Waals surface area (Å²) in [6.45, 7) is 6.35. The molecule has 0 amide bonds. The van der Waals surface area contributed by atoms with E-state index in [4.69, 9.17) is 24.5 Å². The van der Waals surface area contributed by atoms with Crippen LogP contribution in [-0.4, -0.2) is 128 Å². The van der Waals surface area contributed by atoms with Gasteiger partial charge in [0, 0.05) is 32.7 Å². The fourth-order valence-corrected chi connectivity index (χ4v) is 3.86. The van der Waals surface area contributed by atoms with Crippen LogP contribution in [0.25, 0.3) is 0 Å². The highest BCUT2D eigenvalue weighted by Gasteiger charge is 2.43. The Morgan fingerprint density at radius 3 is 1.85 bits per heavy atom. The molecule has 2 heterocycles. The topological polar surface area (TPSA) is 128 Å². The number of carboxylic acids is 2. The third kappa shape index (κ3) is 11.3. The maximum Gasteiger partial charge on any atom is 0.490 e. The maximum absolute atomic E-state index is 12.0. The summed E-state index contributed by atoms with van der Waals surface area (Å²) in [7, 11) is 1.02. The molecule has 2 aliphatic rings. The number of nitrogens with zero attached hydrogens (tertiary/aromatic N) is 3. The van der Waals surface area contributed by atoms with Crippen molar-refractivity contribution in [2.45, 2.75) is 31.4 Å². The normalized spacial score (nSPS) is 22.0. The van der Waals surface area contributed by atoms with Crippen molar-refractivity contribution in [2.75, 3.05) is 59.2 Å². The number of hydrogen-bond donors (Lipinski definition) is 2. The Hall–Kier alpha value is -1.69. The average Bonchev–Trinajstić information content (AvgIpc) is 3.11. The van der Waals surface area contributed by atoms with Crippen LogP contribution in [0.2, 0.25) is 0 Å². The van der Waals surface area contributed by atoms with Crippen molar-refractivity contribution in [3.05, 3.63) is 0 Å². The monoisotopic (exact) mass is 519 g/mol. The summed E-state index contributed by atoms with van der Waals surface area (Å²) >= 11 is 0. The molecule has 0 spiro atoms. The molecule has 0 unspecified atom stereocenters. The van der Waals surface area contributed by atoms with E-state index < -0.39 is 34.3 Å². The lowest BCUT2D eigenvalue weighted by Crippen LogP contribution is -2.52. The van der Waals surface area contributed by atoms with E-state index in [0.29, 0.717) is 19.7 Å². The maximum atomic E-state index is 12.0. The first-order valence-corrected chi connectivity index (χ1v) is 11.0. The van der Waals surface area contributed by atoms with Crippen molar-refractivity contribution in [1.29, 1.82) is 0 Å². The highest BCUT2D eigenvalue weighted by Crippen LogP contribution is 2.25. The van der Waals surface area contributed by atoms with E-state index in [1.165, 1.54) is 0 Å². The summed E-state index contributed by atoms with van der Waals surface area (Å²) in [5.41, 5.74) is 0. The second kappa shape index (κ2) is 12.7. The van der Waals surface area contributed by atoms with Crippen molar-refractivity contribution in [3.63, 3.8) is 0 Å². The van der Waals surface area contributed by atoms with Gasteiger partial charge in [0.15, 0.2) is 0 Å². The lowest BCUT2D eigenvalue weighted by atomic mass is 10.1. The molecule has 0 radical (unpaired) electrons. The minimum Gasteiger partial charge on any atom is -0.475 e. The lowest BCUT2D eigenvalue weighted by molar-refractivity contribution is -0.193. The highest BCUT2D eigenvalue weighted by atomic mass is 32.2. The summed E-state index contributed by atoms with van der Waals surface area (Å²) in [4.78, 5) is 22.3. The van der Waals surface area contributed by atoms with Crippen LogP contribution in [0.5, 0.6) is 0 Å². The molecule has 0 aromatic rings. The van der Waals surface area contributed by atoms with Gasteiger partial charge in [-0.05, 0) is 21.0 Å². The minimum absolute atomic E-state index is 0.0391. The second-order valence-corrected chi connectivity index (χ2v) is 9.40. The molecule has 2 saturated heterocycles. The van der Waals surface area contributed by atoms with Crippen LogP contribution in [0.4, 0.5) is 26.3 Å². The van der Waals surface area contributed by atoms with Gasteiger partial charge in [0.1, 0.15) is 0 Å². The van der Waals surface area contributed by atoms with E-state index in [1.54, 1.807) is 11.2 Å². The van der Waals surface area contributed by atoms with Crippen molar-refractivity contribution in [1.82, 2.24) is 14.1 Å². The molecule has 10 nitrogen and oxygen atoms in total. The molecule has 33 heavy (non-hydrogen) atoms. The van der Waals surface area contributed by atoms with Crippen LogP contribution in [-0.2, 0) is 24.3 Å². The number of alkyl halides is 6. The third-order valence-corrected chi connectivity index (χ3v) is 6.28. The Kier molecular flexibility index (Phi) is 12.0. The molecule has 2 atom stereocenters. The van der Waals surface area contributed by atoms with Crippen molar-refractivity contribution in [2.24, 2.45) is 0 Å². The first kappa shape index (κ1) is 31.3. The summed E-state index contributed by atoms with van der Waals surface area (Å²) in [5, 5.41) is 14.2. The fraction of sp³-hybridized carbons (Fsp3) is 0.875. The number of aliphatic carboxylic acids is 2. The van der Waals surface area contributed by atoms with E-state index in [1.807, 2.05) is 0 Å². The van der Waals surface area contributed by atoms with Gasteiger partial charge in [-0.1, -0.05) is 0 Å². The van der Waals surface area contributed by atoms with Gasteiger partial charge in [-0.2, -0.15) is 30.6 Å². The molecule has 0 bridgehead atoms. The van der Waals surface area contributed by atoms with Gasteiger partial charge in [0.25, 0.3) is 0 Å². The third-order valence-electron chi connectivity index (χ3n) is 4.46. The number of carboxylic acid groups (broad SMARTS) is 2. The number of fused-ring (bicyclic) bond motifs is 1. The first-order chi connectivity index (χ1) is 14.8. The Bertz CT molecular complexity index is 722. The number of likely N-dealkylation sites (N-methyl/N-ethyl adjacent to an activating group) is 1. The fourth-order valence-electron chi connectivity index (χ4n) is 2.74. The quantitative estimate of drug-likeness (QED) is 0.501. The number of morpholine rings is 1. The van der Waals surface area contributed by atoms with Gasteiger partial charge in [0.05, 0.1) is 24.5 Å². The van der Waals surface area contributed by atoms with Gasteiger partial charge in [-0.25, -0.2) is 18.0 Å². The minimum atomic E-state index is -5.08.